The Kier molecular flexibility index (Phi) is 6.84. The highest BCUT2D eigenvalue weighted by Gasteiger charge is 2.46. The molecule has 8 nitrogen and oxygen atoms in total. The second-order valence-electron chi connectivity index (χ2n) is 7.96. The number of imide groups is 1. The smallest absolute Gasteiger partial charge is 0.273 e. The third-order valence-electron chi connectivity index (χ3n) is 5.56. The number of nitrogens with zero attached hydrogens (tertiary/aromatic N) is 2. The molecule has 0 saturated carbocycles. The monoisotopic (exact) mass is 491 g/mol. The lowest BCUT2D eigenvalue weighted by atomic mass is 10.1. The predicted molar refractivity (Wildman–Crippen MR) is 130 cm³/mol. The van der Waals surface area contributed by atoms with Crippen molar-refractivity contribution >= 4 is 40.9 Å². The summed E-state index contributed by atoms with van der Waals surface area (Å²) in [6, 6.07) is 18.2. The van der Waals surface area contributed by atoms with Crippen LogP contribution in [0.4, 0.5) is 5.69 Å². The number of carbonyl (C=O) groups is 4. The fraction of sp³-hybridized carbons (Fsp3) is 0.154. The van der Waals surface area contributed by atoms with Gasteiger partial charge in [-0.15, -0.1) is 0 Å². The van der Waals surface area contributed by atoms with E-state index in [4.69, 9.17) is 16.3 Å². The summed E-state index contributed by atoms with van der Waals surface area (Å²) in [6.45, 7) is 1.82. The number of halogens is 1. The molecule has 1 aliphatic rings. The van der Waals surface area contributed by atoms with Crippen molar-refractivity contribution in [2.45, 2.75) is 19.4 Å². The van der Waals surface area contributed by atoms with E-state index >= 15 is 0 Å². The van der Waals surface area contributed by atoms with Crippen molar-refractivity contribution in [2.24, 2.45) is 0 Å². The Morgan fingerprint density at radius 2 is 1.71 bits per heavy atom. The number of anilines is 1. The van der Waals surface area contributed by atoms with E-state index in [2.05, 4.69) is 5.43 Å². The molecule has 3 aromatic carbocycles. The maximum absolute atomic E-state index is 13.5. The molecule has 1 heterocycles. The van der Waals surface area contributed by atoms with E-state index in [-0.39, 0.29) is 23.2 Å². The molecular formula is C26H22ClN3O5. The second-order valence-corrected chi connectivity index (χ2v) is 8.39. The quantitative estimate of drug-likeness (QED) is 0.433. The normalized spacial score (nSPS) is 15.2. The molecule has 1 aliphatic heterocycles. The van der Waals surface area contributed by atoms with Crippen LogP contribution in [0.25, 0.3) is 0 Å². The molecule has 9 heteroatoms. The minimum atomic E-state index is -1.27. The van der Waals surface area contributed by atoms with Crippen LogP contribution >= 0.6 is 11.6 Å². The van der Waals surface area contributed by atoms with Gasteiger partial charge in [0.05, 0.1) is 19.2 Å². The summed E-state index contributed by atoms with van der Waals surface area (Å²) in [6.07, 6.45) is -0.322. The molecule has 0 aromatic heterocycles. The average Bonchev–Trinajstić information content (AvgIpc) is 3.15. The van der Waals surface area contributed by atoms with Crippen molar-refractivity contribution in [1.29, 1.82) is 0 Å². The summed E-state index contributed by atoms with van der Waals surface area (Å²) >= 11 is 6.06. The molecular weight excluding hydrogens is 470 g/mol. The van der Waals surface area contributed by atoms with Gasteiger partial charge in [-0.2, -0.15) is 0 Å². The minimum Gasteiger partial charge on any atom is -0.495 e. The lowest BCUT2D eigenvalue weighted by Gasteiger charge is -2.28. The van der Waals surface area contributed by atoms with Crippen molar-refractivity contribution in [2.75, 3.05) is 12.0 Å². The van der Waals surface area contributed by atoms with Gasteiger partial charge in [-0.05, 0) is 55.0 Å². The van der Waals surface area contributed by atoms with E-state index in [1.54, 1.807) is 60.7 Å². The Balaban J connectivity index is 1.72. The summed E-state index contributed by atoms with van der Waals surface area (Å²) < 4.78 is 5.35. The number of hydrogen-bond donors (Lipinski definition) is 1. The topological polar surface area (TPSA) is 96.0 Å². The molecule has 4 rings (SSSR count). The molecule has 0 spiro atoms. The number of carbonyl (C=O) groups excluding carboxylic acids is 4. The van der Waals surface area contributed by atoms with Crippen molar-refractivity contribution in [3.05, 3.63) is 94.5 Å². The minimum absolute atomic E-state index is 0.151. The highest BCUT2D eigenvalue weighted by atomic mass is 35.5. The van der Waals surface area contributed by atoms with E-state index in [1.807, 2.05) is 6.92 Å². The van der Waals surface area contributed by atoms with Gasteiger partial charge in [-0.1, -0.05) is 41.9 Å². The number of aryl methyl sites for hydroxylation is 1. The summed E-state index contributed by atoms with van der Waals surface area (Å²) in [7, 11) is 1.44. The van der Waals surface area contributed by atoms with E-state index in [9.17, 15) is 19.2 Å². The van der Waals surface area contributed by atoms with Crippen LogP contribution in [0.5, 0.6) is 5.75 Å². The molecule has 4 amide bonds. The third-order valence-corrected chi connectivity index (χ3v) is 5.79. The van der Waals surface area contributed by atoms with Gasteiger partial charge in [0.15, 0.2) is 0 Å². The Labute approximate surface area is 207 Å². The van der Waals surface area contributed by atoms with Gasteiger partial charge in [-0.3, -0.25) is 24.6 Å². The number of hydrogen-bond acceptors (Lipinski definition) is 5. The first-order chi connectivity index (χ1) is 16.8. The maximum Gasteiger partial charge on any atom is 0.273 e. The van der Waals surface area contributed by atoms with Crippen LogP contribution in [-0.4, -0.2) is 41.8 Å². The lowest BCUT2D eigenvalue weighted by molar-refractivity contribution is -0.122. The second kappa shape index (κ2) is 9.99. The fourth-order valence-corrected chi connectivity index (χ4v) is 4.03. The number of amides is 4. The van der Waals surface area contributed by atoms with Crippen LogP contribution < -0.4 is 15.1 Å². The third kappa shape index (κ3) is 4.88. The summed E-state index contributed by atoms with van der Waals surface area (Å²) in [5.74, 6) is -2.14. The molecule has 0 aliphatic carbocycles. The molecule has 178 valence electrons. The van der Waals surface area contributed by atoms with Gasteiger partial charge in [-0.25, -0.2) is 9.91 Å². The number of benzene rings is 3. The molecule has 0 radical (unpaired) electrons. The van der Waals surface area contributed by atoms with Gasteiger partial charge in [0.1, 0.15) is 11.8 Å². The molecule has 1 fully saturated rings. The van der Waals surface area contributed by atoms with Gasteiger partial charge in [0.25, 0.3) is 17.7 Å². The zero-order valence-corrected chi connectivity index (χ0v) is 19.8. The molecule has 0 bridgehead atoms. The van der Waals surface area contributed by atoms with Crippen LogP contribution in [0.2, 0.25) is 5.02 Å². The van der Waals surface area contributed by atoms with Crippen LogP contribution in [0, 0.1) is 6.92 Å². The van der Waals surface area contributed by atoms with E-state index in [0.29, 0.717) is 10.8 Å². The number of rotatable bonds is 5. The molecule has 1 saturated heterocycles. The van der Waals surface area contributed by atoms with Crippen LogP contribution in [0.1, 0.15) is 32.7 Å². The molecule has 1 atom stereocenters. The van der Waals surface area contributed by atoms with Gasteiger partial charge in [0, 0.05) is 16.1 Å². The van der Waals surface area contributed by atoms with E-state index < -0.39 is 29.7 Å². The number of methoxy groups -OCH3 is 1. The maximum atomic E-state index is 13.5. The Hall–Kier alpha value is -4.17. The van der Waals surface area contributed by atoms with E-state index in [0.717, 1.165) is 15.5 Å². The van der Waals surface area contributed by atoms with Gasteiger partial charge < -0.3 is 4.74 Å². The zero-order chi connectivity index (χ0) is 25.1. The van der Waals surface area contributed by atoms with Crippen molar-refractivity contribution in [1.82, 2.24) is 10.4 Å². The lowest BCUT2D eigenvalue weighted by Crippen LogP contribution is -2.54. The van der Waals surface area contributed by atoms with Crippen LogP contribution in [0.3, 0.4) is 0 Å². The number of hydrazine groups is 1. The van der Waals surface area contributed by atoms with Crippen LogP contribution in [-0.2, 0) is 9.59 Å². The fourth-order valence-electron chi connectivity index (χ4n) is 3.84. The first-order valence-electron chi connectivity index (χ1n) is 10.8. The largest absolute Gasteiger partial charge is 0.495 e. The van der Waals surface area contributed by atoms with Crippen molar-refractivity contribution < 1.29 is 23.9 Å². The first kappa shape index (κ1) is 24.0. The highest BCUT2D eigenvalue weighted by molar-refractivity contribution is 6.31. The highest BCUT2D eigenvalue weighted by Crippen LogP contribution is 2.34. The zero-order valence-electron chi connectivity index (χ0n) is 19.0. The number of ether oxygens (including phenoxy) is 1. The summed E-state index contributed by atoms with van der Waals surface area (Å²) in [5, 5.41) is 1.22. The molecule has 1 unspecified atom stereocenters. The molecule has 35 heavy (non-hydrogen) atoms. The standard InChI is InChI=1S/C26H22ClN3O5/c1-16-11-12-22(35-2)20(13-16)29-23(31)15-21(26(29)34)30(25(33)18-9-6-10-19(27)14-18)28-24(32)17-7-4-3-5-8-17/h3-14,21H,15H2,1-2H3,(H,28,32). The van der Waals surface area contributed by atoms with E-state index in [1.165, 1.54) is 19.2 Å². The van der Waals surface area contributed by atoms with Crippen LogP contribution in [0.15, 0.2) is 72.8 Å². The molecule has 3 aromatic rings. The van der Waals surface area contributed by atoms with Gasteiger partial charge >= 0.3 is 0 Å². The first-order valence-corrected chi connectivity index (χ1v) is 11.1. The Bertz CT molecular complexity index is 1310. The Morgan fingerprint density at radius 3 is 2.40 bits per heavy atom. The summed E-state index contributed by atoms with van der Waals surface area (Å²) in [4.78, 5) is 54.0. The average molecular weight is 492 g/mol. The SMILES string of the molecule is COc1ccc(C)cc1N1C(=O)CC(N(NC(=O)c2ccccc2)C(=O)c2cccc(Cl)c2)C1=O. The van der Waals surface area contributed by atoms with Crippen molar-refractivity contribution in [3.63, 3.8) is 0 Å². The van der Waals surface area contributed by atoms with Gasteiger partial charge in [0.2, 0.25) is 5.91 Å². The summed E-state index contributed by atoms with van der Waals surface area (Å²) in [5.41, 5.74) is 4.05. The Morgan fingerprint density at radius 1 is 1.00 bits per heavy atom. The number of nitrogens with one attached hydrogen (secondary N) is 1. The predicted octanol–water partition coefficient (Wildman–Crippen LogP) is 3.78. The molecule has 1 N–H and O–H groups in total. The van der Waals surface area contributed by atoms with Crippen molar-refractivity contribution in [3.8, 4) is 5.75 Å².